The van der Waals surface area contributed by atoms with Crippen LogP contribution in [-0.4, -0.2) is 22.6 Å². The fourth-order valence-corrected chi connectivity index (χ4v) is 3.33. The Balaban J connectivity index is 1.62. The molecule has 0 aromatic heterocycles. The number of benzene rings is 1. The van der Waals surface area contributed by atoms with E-state index in [1.54, 1.807) is 0 Å². The zero-order chi connectivity index (χ0) is 12.4. The van der Waals surface area contributed by atoms with Gasteiger partial charge in [-0.2, -0.15) is 0 Å². The first-order chi connectivity index (χ1) is 8.83. The fourth-order valence-electron chi connectivity index (χ4n) is 3.01. The first-order valence-corrected chi connectivity index (χ1v) is 7.36. The Kier molecular flexibility index (Phi) is 3.50. The standard InChI is InChI=1S/C15H20N2S/c18-15(16-14-7-3-4-8-14)17-10-9-12-5-1-2-6-13(12)11-17/h1-2,5-6,14H,3-4,7-11H2,(H,16,18). The second-order valence-electron chi connectivity index (χ2n) is 5.37. The van der Waals surface area contributed by atoms with Crippen molar-refractivity contribution in [1.82, 2.24) is 10.2 Å². The lowest BCUT2D eigenvalue weighted by Crippen LogP contribution is -2.45. The van der Waals surface area contributed by atoms with Gasteiger partial charge in [-0.1, -0.05) is 37.1 Å². The van der Waals surface area contributed by atoms with E-state index in [9.17, 15) is 0 Å². The second-order valence-corrected chi connectivity index (χ2v) is 5.76. The molecule has 1 N–H and O–H groups in total. The van der Waals surface area contributed by atoms with Gasteiger partial charge in [0.05, 0.1) is 0 Å². The molecule has 0 saturated heterocycles. The van der Waals surface area contributed by atoms with Gasteiger partial charge in [-0.3, -0.25) is 0 Å². The molecule has 18 heavy (non-hydrogen) atoms. The molecular weight excluding hydrogens is 240 g/mol. The molecule has 2 nitrogen and oxygen atoms in total. The molecule has 0 bridgehead atoms. The summed E-state index contributed by atoms with van der Waals surface area (Å²) < 4.78 is 0. The first kappa shape index (κ1) is 12.0. The number of thiocarbonyl (C=S) groups is 1. The third-order valence-electron chi connectivity index (χ3n) is 4.10. The zero-order valence-corrected chi connectivity index (χ0v) is 11.5. The van der Waals surface area contributed by atoms with Crippen molar-refractivity contribution in [2.45, 2.75) is 44.7 Å². The Bertz CT molecular complexity index is 438. The highest BCUT2D eigenvalue weighted by atomic mass is 32.1. The van der Waals surface area contributed by atoms with Crippen LogP contribution in [0.2, 0.25) is 0 Å². The normalized spacial score (nSPS) is 19.7. The maximum Gasteiger partial charge on any atom is 0.169 e. The molecule has 3 rings (SSSR count). The lowest BCUT2D eigenvalue weighted by Gasteiger charge is -2.32. The fraction of sp³-hybridized carbons (Fsp3) is 0.533. The highest BCUT2D eigenvalue weighted by Crippen LogP contribution is 2.21. The highest BCUT2D eigenvalue weighted by molar-refractivity contribution is 7.80. The Labute approximate surface area is 114 Å². The Morgan fingerprint density at radius 3 is 2.67 bits per heavy atom. The monoisotopic (exact) mass is 260 g/mol. The van der Waals surface area contributed by atoms with Crippen LogP contribution in [0.5, 0.6) is 0 Å². The zero-order valence-electron chi connectivity index (χ0n) is 10.7. The van der Waals surface area contributed by atoms with Crippen LogP contribution in [0.1, 0.15) is 36.8 Å². The summed E-state index contributed by atoms with van der Waals surface area (Å²) in [6.07, 6.45) is 6.38. The van der Waals surface area contributed by atoms with E-state index >= 15 is 0 Å². The summed E-state index contributed by atoms with van der Waals surface area (Å²) in [6.45, 7) is 2.02. The van der Waals surface area contributed by atoms with E-state index in [-0.39, 0.29) is 0 Å². The van der Waals surface area contributed by atoms with Crippen LogP contribution < -0.4 is 5.32 Å². The van der Waals surface area contributed by atoms with Gasteiger partial charge in [0.25, 0.3) is 0 Å². The average molecular weight is 260 g/mol. The molecule has 0 radical (unpaired) electrons. The Hall–Kier alpha value is -1.09. The van der Waals surface area contributed by atoms with E-state index in [0.717, 1.165) is 24.6 Å². The molecule has 1 saturated carbocycles. The highest BCUT2D eigenvalue weighted by Gasteiger charge is 2.21. The molecule has 1 heterocycles. The minimum Gasteiger partial charge on any atom is -0.360 e. The topological polar surface area (TPSA) is 15.3 Å². The van der Waals surface area contributed by atoms with Gasteiger partial charge in [-0.25, -0.2) is 0 Å². The lowest BCUT2D eigenvalue weighted by atomic mass is 10.0. The van der Waals surface area contributed by atoms with Crippen LogP contribution in [0.4, 0.5) is 0 Å². The Morgan fingerprint density at radius 1 is 1.17 bits per heavy atom. The van der Waals surface area contributed by atoms with E-state index in [2.05, 4.69) is 34.5 Å². The van der Waals surface area contributed by atoms with Gasteiger partial charge in [0, 0.05) is 19.1 Å². The van der Waals surface area contributed by atoms with Gasteiger partial charge < -0.3 is 10.2 Å². The van der Waals surface area contributed by atoms with Gasteiger partial charge >= 0.3 is 0 Å². The Morgan fingerprint density at radius 2 is 1.89 bits per heavy atom. The first-order valence-electron chi connectivity index (χ1n) is 6.95. The molecule has 1 aliphatic heterocycles. The minimum absolute atomic E-state index is 0.620. The summed E-state index contributed by atoms with van der Waals surface area (Å²) in [5.41, 5.74) is 2.91. The van der Waals surface area contributed by atoms with Crippen LogP contribution in [0.25, 0.3) is 0 Å². The van der Waals surface area contributed by atoms with Crippen LogP contribution in [0.3, 0.4) is 0 Å². The van der Waals surface area contributed by atoms with Crippen molar-refractivity contribution in [2.24, 2.45) is 0 Å². The van der Waals surface area contributed by atoms with E-state index in [1.807, 2.05) is 0 Å². The molecule has 0 amide bonds. The summed E-state index contributed by atoms with van der Waals surface area (Å²) in [6, 6.07) is 9.33. The molecular formula is C15H20N2S. The smallest absolute Gasteiger partial charge is 0.169 e. The molecule has 2 aliphatic rings. The van der Waals surface area contributed by atoms with Crippen molar-refractivity contribution in [1.29, 1.82) is 0 Å². The molecule has 0 unspecified atom stereocenters. The number of nitrogens with one attached hydrogen (secondary N) is 1. The predicted octanol–water partition coefficient (Wildman–Crippen LogP) is 2.86. The molecule has 96 valence electrons. The number of fused-ring (bicyclic) bond motifs is 1. The number of hydrogen-bond donors (Lipinski definition) is 1. The summed E-state index contributed by atoms with van der Waals surface area (Å²) in [7, 11) is 0. The van der Waals surface area contributed by atoms with E-state index in [0.29, 0.717) is 6.04 Å². The average Bonchev–Trinajstić information content (AvgIpc) is 2.91. The van der Waals surface area contributed by atoms with Gasteiger partial charge in [0.15, 0.2) is 5.11 Å². The molecule has 1 aromatic carbocycles. The quantitative estimate of drug-likeness (QED) is 0.782. The summed E-state index contributed by atoms with van der Waals surface area (Å²) in [4.78, 5) is 2.32. The van der Waals surface area contributed by atoms with E-state index < -0.39 is 0 Å². The lowest BCUT2D eigenvalue weighted by molar-refractivity contribution is 0.380. The molecule has 0 spiro atoms. The molecule has 1 fully saturated rings. The number of nitrogens with zero attached hydrogens (tertiary/aromatic N) is 1. The summed E-state index contributed by atoms with van der Waals surface area (Å²) in [5.74, 6) is 0. The van der Waals surface area contributed by atoms with Gasteiger partial charge in [0.2, 0.25) is 0 Å². The van der Waals surface area contributed by atoms with Crippen molar-refractivity contribution in [3.8, 4) is 0 Å². The van der Waals surface area contributed by atoms with Crippen molar-refractivity contribution < 1.29 is 0 Å². The third kappa shape index (κ3) is 2.51. The molecule has 3 heteroatoms. The van der Waals surface area contributed by atoms with Crippen molar-refractivity contribution >= 4 is 17.3 Å². The third-order valence-corrected chi connectivity index (χ3v) is 4.48. The van der Waals surface area contributed by atoms with Crippen LogP contribution >= 0.6 is 12.2 Å². The van der Waals surface area contributed by atoms with Crippen LogP contribution in [0, 0.1) is 0 Å². The number of hydrogen-bond acceptors (Lipinski definition) is 1. The van der Waals surface area contributed by atoms with Crippen LogP contribution in [0.15, 0.2) is 24.3 Å². The molecule has 1 aromatic rings. The maximum absolute atomic E-state index is 5.55. The van der Waals surface area contributed by atoms with E-state index in [4.69, 9.17) is 12.2 Å². The van der Waals surface area contributed by atoms with Gasteiger partial charge in [-0.15, -0.1) is 0 Å². The predicted molar refractivity (Wildman–Crippen MR) is 78.5 cm³/mol. The van der Waals surface area contributed by atoms with Gasteiger partial charge in [-0.05, 0) is 42.6 Å². The molecule has 0 atom stereocenters. The summed E-state index contributed by atoms with van der Waals surface area (Å²) in [5, 5.41) is 4.49. The van der Waals surface area contributed by atoms with E-state index in [1.165, 1.54) is 36.8 Å². The largest absolute Gasteiger partial charge is 0.360 e. The van der Waals surface area contributed by atoms with Crippen molar-refractivity contribution in [2.75, 3.05) is 6.54 Å². The SMILES string of the molecule is S=C(NC1CCCC1)N1CCc2ccccc2C1. The van der Waals surface area contributed by atoms with Crippen molar-refractivity contribution in [3.05, 3.63) is 35.4 Å². The molecule has 1 aliphatic carbocycles. The van der Waals surface area contributed by atoms with Crippen LogP contribution in [-0.2, 0) is 13.0 Å². The van der Waals surface area contributed by atoms with Crippen molar-refractivity contribution in [3.63, 3.8) is 0 Å². The maximum atomic E-state index is 5.55. The van der Waals surface area contributed by atoms with Gasteiger partial charge in [0.1, 0.15) is 0 Å². The minimum atomic E-state index is 0.620. The summed E-state index contributed by atoms with van der Waals surface area (Å²) >= 11 is 5.55. The second kappa shape index (κ2) is 5.27. The number of rotatable bonds is 1.